The third-order valence-corrected chi connectivity index (χ3v) is 5.77. The highest BCUT2D eigenvalue weighted by Gasteiger charge is 2.35. The van der Waals surface area contributed by atoms with Gasteiger partial charge in [0, 0.05) is 37.1 Å². The van der Waals surface area contributed by atoms with Crippen LogP contribution in [0.2, 0.25) is 0 Å². The molecule has 0 spiro atoms. The van der Waals surface area contributed by atoms with E-state index in [2.05, 4.69) is 41.4 Å². The maximum atomic E-state index is 4.84. The molecule has 0 aromatic carbocycles. The van der Waals surface area contributed by atoms with Gasteiger partial charge in [-0.25, -0.2) is 4.98 Å². The quantitative estimate of drug-likeness (QED) is 0.906. The van der Waals surface area contributed by atoms with Crippen molar-refractivity contribution in [2.45, 2.75) is 51.7 Å². The second-order valence-corrected chi connectivity index (χ2v) is 7.77. The number of rotatable bonds is 5. The average Bonchev–Trinajstić information content (AvgIpc) is 2.96. The SMILES string of the molecule is CC(C)CNCc1csc(N2CCC3CCC(C2)N3C)n1. The van der Waals surface area contributed by atoms with E-state index in [1.54, 1.807) is 0 Å². The Kier molecular flexibility index (Phi) is 4.82. The number of anilines is 1. The number of thiazole rings is 1. The minimum absolute atomic E-state index is 0.694. The maximum absolute atomic E-state index is 4.84. The van der Waals surface area contributed by atoms with Crippen LogP contribution in [0, 0.1) is 5.92 Å². The van der Waals surface area contributed by atoms with E-state index < -0.39 is 0 Å². The van der Waals surface area contributed by atoms with Crippen LogP contribution in [-0.4, -0.2) is 48.6 Å². The van der Waals surface area contributed by atoms with Crippen LogP contribution in [0.3, 0.4) is 0 Å². The van der Waals surface area contributed by atoms with Gasteiger partial charge < -0.3 is 10.2 Å². The highest BCUT2D eigenvalue weighted by molar-refractivity contribution is 7.13. The van der Waals surface area contributed by atoms with Crippen LogP contribution in [0.5, 0.6) is 0 Å². The molecular weight excluding hydrogens is 280 g/mol. The number of nitrogens with zero attached hydrogens (tertiary/aromatic N) is 3. The fourth-order valence-corrected chi connectivity index (χ4v) is 4.36. The Labute approximate surface area is 132 Å². The zero-order chi connectivity index (χ0) is 14.8. The average molecular weight is 308 g/mol. The van der Waals surface area contributed by atoms with Crippen LogP contribution in [0.25, 0.3) is 0 Å². The molecule has 2 aliphatic rings. The van der Waals surface area contributed by atoms with E-state index in [1.807, 2.05) is 11.3 Å². The first kappa shape index (κ1) is 15.3. The van der Waals surface area contributed by atoms with Crippen LogP contribution < -0.4 is 10.2 Å². The Hall–Kier alpha value is -0.650. The number of hydrogen-bond acceptors (Lipinski definition) is 5. The second kappa shape index (κ2) is 6.63. The minimum atomic E-state index is 0.694. The van der Waals surface area contributed by atoms with Crippen LogP contribution >= 0.6 is 11.3 Å². The molecule has 0 radical (unpaired) electrons. The summed E-state index contributed by atoms with van der Waals surface area (Å²) in [6, 6.07) is 1.52. The Morgan fingerprint density at radius 3 is 2.95 bits per heavy atom. The first-order chi connectivity index (χ1) is 10.1. The van der Waals surface area contributed by atoms with Crippen molar-refractivity contribution in [1.82, 2.24) is 15.2 Å². The molecule has 0 aliphatic carbocycles. The highest BCUT2D eigenvalue weighted by Crippen LogP contribution is 2.31. The Bertz CT molecular complexity index is 459. The number of aromatic nitrogens is 1. The fraction of sp³-hybridized carbons (Fsp3) is 0.812. The molecule has 1 aromatic heterocycles. The van der Waals surface area contributed by atoms with Crippen LogP contribution in [0.1, 0.15) is 38.8 Å². The zero-order valence-electron chi connectivity index (χ0n) is 13.5. The van der Waals surface area contributed by atoms with Crippen molar-refractivity contribution in [3.8, 4) is 0 Å². The Balaban J connectivity index is 1.58. The monoisotopic (exact) mass is 308 g/mol. The van der Waals surface area contributed by atoms with Gasteiger partial charge in [0.2, 0.25) is 0 Å². The van der Waals surface area contributed by atoms with Crippen molar-refractivity contribution in [2.24, 2.45) is 5.92 Å². The summed E-state index contributed by atoms with van der Waals surface area (Å²) in [6.45, 7) is 8.75. The summed E-state index contributed by atoms with van der Waals surface area (Å²) < 4.78 is 0. The van der Waals surface area contributed by atoms with E-state index in [0.29, 0.717) is 5.92 Å². The molecule has 2 atom stereocenters. The maximum Gasteiger partial charge on any atom is 0.185 e. The summed E-state index contributed by atoms with van der Waals surface area (Å²) in [5, 5.41) is 6.92. The molecule has 1 N–H and O–H groups in total. The molecule has 1 aromatic rings. The fourth-order valence-electron chi connectivity index (χ4n) is 3.49. The summed E-state index contributed by atoms with van der Waals surface area (Å²) in [5.41, 5.74) is 1.19. The highest BCUT2D eigenvalue weighted by atomic mass is 32.1. The van der Waals surface area contributed by atoms with Gasteiger partial charge in [-0.2, -0.15) is 0 Å². The molecule has 2 aliphatic heterocycles. The van der Waals surface area contributed by atoms with Gasteiger partial charge in [-0.05, 0) is 38.8 Å². The summed E-state index contributed by atoms with van der Waals surface area (Å²) in [5.74, 6) is 0.694. The van der Waals surface area contributed by atoms with E-state index in [0.717, 1.165) is 38.3 Å². The summed E-state index contributed by atoms with van der Waals surface area (Å²) in [7, 11) is 2.30. The molecular formula is C16H28N4S. The predicted octanol–water partition coefficient (Wildman–Crippen LogP) is 2.56. The number of nitrogens with one attached hydrogen (secondary N) is 1. The van der Waals surface area contributed by atoms with E-state index in [9.17, 15) is 0 Å². The lowest BCUT2D eigenvalue weighted by Gasteiger charge is -2.25. The van der Waals surface area contributed by atoms with E-state index in [-0.39, 0.29) is 0 Å². The van der Waals surface area contributed by atoms with E-state index in [1.165, 1.54) is 30.1 Å². The van der Waals surface area contributed by atoms with E-state index >= 15 is 0 Å². The predicted molar refractivity (Wildman–Crippen MR) is 90.1 cm³/mol. The van der Waals surface area contributed by atoms with Crippen molar-refractivity contribution in [1.29, 1.82) is 0 Å². The topological polar surface area (TPSA) is 31.4 Å². The first-order valence-corrected chi connectivity index (χ1v) is 9.13. The van der Waals surface area contributed by atoms with Crippen molar-refractivity contribution < 1.29 is 0 Å². The molecule has 0 saturated carbocycles. The lowest BCUT2D eigenvalue weighted by molar-refractivity contribution is 0.254. The first-order valence-electron chi connectivity index (χ1n) is 8.25. The van der Waals surface area contributed by atoms with E-state index in [4.69, 9.17) is 4.98 Å². The largest absolute Gasteiger partial charge is 0.346 e. The Morgan fingerprint density at radius 2 is 2.14 bits per heavy atom. The third kappa shape index (κ3) is 3.58. The molecule has 3 heterocycles. The molecule has 3 rings (SSSR count). The van der Waals surface area contributed by atoms with Gasteiger partial charge in [0.15, 0.2) is 5.13 Å². The molecule has 2 saturated heterocycles. The lowest BCUT2D eigenvalue weighted by atomic mass is 10.1. The second-order valence-electron chi connectivity index (χ2n) is 6.93. The van der Waals surface area contributed by atoms with Gasteiger partial charge in [0.05, 0.1) is 5.69 Å². The number of likely N-dealkylation sites (N-methyl/N-ethyl adjacent to an activating group) is 1. The summed E-state index contributed by atoms with van der Waals surface area (Å²) >= 11 is 1.81. The number of fused-ring (bicyclic) bond motifs is 2. The summed E-state index contributed by atoms with van der Waals surface area (Å²) in [6.07, 6.45) is 4.02. The molecule has 5 heteroatoms. The van der Waals surface area contributed by atoms with Crippen LogP contribution in [0.15, 0.2) is 5.38 Å². The van der Waals surface area contributed by atoms with Crippen molar-refractivity contribution in [3.05, 3.63) is 11.1 Å². The molecule has 21 heavy (non-hydrogen) atoms. The molecule has 2 unspecified atom stereocenters. The van der Waals surface area contributed by atoms with Crippen molar-refractivity contribution >= 4 is 16.5 Å². The third-order valence-electron chi connectivity index (χ3n) is 4.82. The van der Waals surface area contributed by atoms with Gasteiger partial charge in [0.1, 0.15) is 0 Å². The van der Waals surface area contributed by atoms with Crippen molar-refractivity contribution in [2.75, 3.05) is 31.6 Å². The minimum Gasteiger partial charge on any atom is -0.346 e. The van der Waals surface area contributed by atoms with Crippen LogP contribution in [0.4, 0.5) is 5.13 Å². The molecule has 118 valence electrons. The molecule has 2 fully saturated rings. The van der Waals surface area contributed by atoms with Gasteiger partial charge in [0.25, 0.3) is 0 Å². The van der Waals surface area contributed by atoms with Gasteiger partial charge in [-0.1, -0.05) is 13.8 Å². The molecule has 2 bridgehead atoms. The smallest absolute Gasteiger partial charge is 0.185 e. The standard InChI is InChI=1S/C16H28N4S/c1-12(2)8-17-9-13-11-21-16(18-13)20-7-6-14-4-5-15(10-20)19(14)3/h11-12,14-15,17H,4-10H2,1-3H3. The molecule has 0 amide bonds. The normalized spacial score (nSPS) is 26.6. The number of hydrogen-bond donors (Lipinski definition) is 1. The lowest BCUT2D eigenvalue weighted by Crippen LogP contribution is -2.36. The zero-order valence-corrected chi connectivity index (χ0v) is 14.3. The molecule has 4 nitrogen and oxygen atoms in total. The van der Waals surface area contributed by atoms with Crippen molar-refractivity contribution in [3.63, 3.8) is 0 Å². The van der Waals surface area contributed by atoms with Gasteiger partial charge >= 0.3 is 0 Å². The Morgan fingerprint density at radius 1 is 1.33 bits per heavy atom. The summed E-state index contributed by atoms with van der Waals surface area (Å²) in [4.78, 5) is 9.95. The van der Waals surface area contributed by atoms with Crippen LogP contribution in [-0.2, 0) is 6.54 Å². The van der Waals surface area contributed by atoms with Gasteiger partial charge in [-0.3, -0.25) is 4.90 Å². The van der Waals surface area contributed by atoms with Gasteiger partial charge in [-0.15, -0.1) is 11.3 Å².